The van der Waals surface area contributed by atoms with Gasteiger partial charge in [0.2, 0.25) is 0 Å². The lowest BCUT2D eigenvalue weighted by molar-refractivity contribution is 1.07. The Morgan fingerprint density at radius 3 is 1.41 bits per heavy atom. The fraction of sp³-hybridized carbons (Fsp3) is 0.174. The zero-order valence-corrected chi connectivity index (χ0v) is 32.1. The molecule has 4 aromatic carbocycles. The fourth-order valence-corrected chi connectivity index (χ4v) is 3.49. The monoisotopic (exact) mass is 686 g/mol. The molecule has 0 spiro atoms. The molecule has 4 aromatic rings. The fourth-order valence-electron chi connectivity index (χ4n) is 3.49. The second-order valence-electron chi connectivity index (χ2n) is 10.2. The maximum Gasteiger partial charge on any atom is 0.117 e. The number of benzene rings is 4. The first-order chi connectivity index (χ1) is 24.5. The molecule has 0 bridgehead atoms. The van der Waals surface area contributed by atoms with E-state index in [4.69, 9.17) is 22.3 Å². The number of nitrogens with two attached hydrogens (primary N) is 3. The molecule has 5 nitrogen and oxygen atoms in total. The summed E-state index contributed by atoms with van der Waals surface area (Å²) in [6.07, 6.45) is 10.7. The van der Waals surface area contributed by atoms with Gasteiger partial charge in [0.05, 0.1) is 5.71 Å². The maximum atomic E-state index is 7.99. The Balaban J connectivity index is -0.000000587. The Hall–Kier alpha value is -5.62. The van der Waals surface area contributed by atoms with Crippen LogP contribution in [0.3, 0.4) is 0 Å². The lowest BCUT2D eigenvalue weighted by Crippen LogP contribution is -2.08. The molecule has 0 fully saturated rings. The van der Waals surface area contributed by atoms with Gasteiger partial charge in [0.25, 0.3) is 0 Å². The van der Waals surface area contributed by atoms with Gasteiger partial charge in [0.15, 0.2) is 0 Å². The smallest absolute Gasteiger partial charge is 0.117 e. The Labute approximate surface area is 310 Å². The first kappa shape index (κ1) is 49.8. The van der Waals surface area contributed by atoms with Crippen LogP contribution >= 0.6 is 0 Å². The number of hydrogen-bond acceptors (Lipinski definition) is 4. The molecule has 0 saturated heterocycles. The van der Waals surface area contributed by atoms with E-state index in [2.05, 4.69) is 94.4 Å². The van der Waals surface area contributed by atoms with E-state index in [0.717, 1.165) is 11.1 Å². The molecule has 5 heteroatoms. The molecule has 0 atom stereocenters. The third-order valence-corrected chi connectivity index (χ3v) is 6.11. The van der Waals surface area contributed by atoms with E-state index in [1.54, 1.807) is 25.2 Å². The van der Waals surface area contributed by atoms with Gasteiger partial charge in [-0.25, -0.2) is 0 Å². The minimum Gasteiger partial charge on any atom is -0.384 e. The molecule has 0 aliphatic rings. The molecule has 51 heavy (non-hydrogen) atoms. The van der Waals surface area contributed by atoms with E-state index < -0.39 is 0 Å². The summed E-state index contributed by atoms with van der Waals surface area (Å²) in [4.78, 5) is 0. The lowest BCUT2D eigenvalue weighted by atomic mass is 10.0. The van der Waals surface area contributed by atoms with Gasteiger partial charge in [-0.1, -0.05) is 197 Å². The summed E-state index contributed by atoms with van der Waals surface area (Å²) in [5, 5.41) is 14.6. The normalized spacial score (nSPS) is 9.16. The van der Waals surface area contributed by atoms with Crippen LogP contribution in [0.25, 0.3) is 11.1 Å². The average molecular weight is 686 g/mol. The predicted octanol–water partition coefficient (Wildman–Crippen LogP) is 11.3. The van der Waals surface area contributed by atoms with Gasteiger partial charge in [-0.3, -0.25) is 10.8 Å². The minimum atomic E-state index is 0.0648. The third kappa shape index (κ3) is 26.0. The van der Waals surface area contributed by atoms with Crippen molar-refractivity contribution >= 4 is 11.5 Å². The largest absolute Gasteiger partial charge is 0.384 e. The van der Waals surface area contributed by atoms with Crippen LogP contribution in [0.15, 0.2) is 183 Å². The van der Waals surface area contributed by atoms with Crippen LogP contribution in [0, 0.1) is 24.7 Å². The Kier molecular flexibility index (Phi) is 33.4. The highest BCUT2D eigenvalue weighted by atomic mass is 14.7. The first-order valence-electron chi connectivity index (χ1n) is 16.8. The van der Waals surface area contributed by atoms with E-state index in [-0.39, 0.29) is 5.84 Å². The van der Waals surface area contributed by atoms with Crippen molar-refractivity contribution in [3.05, 3.63) is 205 Å². The summed E-state index contributed by atoms with van der Waals surface area (Å²) in [5.41, 5.74) is 24.0. The molecular formula is C46H63N5. The van der Waals surface area contributed by atoms with E-state index >= 15 is 0 Å². The molecule has 4 rings (SSSR count). The molecule has 0 amide bonds. The quantitative estimate of drug-likeness (QED) is 0.0719. The second-order valence-corrected chi connectivity index (χ2v) is 10.2. The van der Waals surface area contributed by atoms with Crippen molar-refractivity contribution in [2.75, 3.05) is 7.05 Å². The molecular weight excluding hydrogens is 623 g/mol. The van der Waals surface area contributed by atoms with E-state index in [0.29, 0.717) is 17.8 Å². The summed E-state index contributed by atoms with van der Waals surface area (Å²) in [6, 6.07) is 36.8. The van der Waals surface area contributed by atoms with Crippen molar-refractivity contribution in [3.63, 3.8) is 0 Å². The Morgan fingerprint density at radius 2 is 1.12 bits per heavy atom. The van der Waals surface area contributed by atoms with Gasteiger partial charge in [0, 0.05) is 6.54 Å². The molecule has 0 radical (unpaired) electrons. The first-order valence-corrected chi connectivity index (χ1v) is 16.8. The molecule has 0 aliphatic heterocycles. The number of rotatable bonds is 8. The summed E-state index contributed by atoms with van der Waals surface area (Å²) in [7, 11) is 1.50. The lowest BCUT2D eigenvalue weighted by Gasteiger charge is -2.03. The van der Waals surface area contributed by atoms with Gasteiger partial charge >= 0.3 is 0 Å². The van der Waals surface area contributed by atoms with E-state index in [1.807, 2.05) is 99.7 Å². The van der Waals surface area contributed by atoms with Crippen LogP contribution in [0.1, 0.15) is 49.9 Å². The average Bonchev–Trinajstić information content (AvgIpc) is 3.18. The van der Waals surface area contributed by atoms with Crippen molar-refractivity contribution in [1.29, 1.82) is 10.8 Å². The van der Waals surface area contributed by atoms with Crippen molar-refractivity contribution in [2.24, 2.45) is 17.2 Å². The Bertz CT molecular complexity index is 1540. The van der Waals surface area contributed by atoms with Gasteiger partial charge in [0.1, 0.15) is 5.84 Å². The minimum absolute atomic E-state index is 0.0648. The van der Waals surface area contributed by atoms with Crippen LogP contribution in [0.5, 0.6) is 0 Å². The molecule has 0 heterocycles. The molecule has 272 valence electrons. The summed E-state index contributed by atoms with van der Waals surface area (Å²) >= 11 is 0. The zero-order valence-electron chi connectivity index (χ0n) is 32.1. The third-order valence-electron chi connectivity index (χ3n) is 6.11. The van der Waals surface area contributed by atoms with Gasteiger partial charge < -0.3 is 17.2 Å². The van der Waals surface area contributed by atoms with Crippen LogP contribution in [0.2, 0.25) is 0 Å². The van der Waals surface area contributed by atoms with Crippen LogP contribution < -0.4 is 17.2 Å². The highest BCUT2D eigenvalue weighted by molar-refractivity contribution is 6.12. The van der Waals surface area contributed by atoms with E-state index in [1.165, 1.54) is 34.9 Å². The van der Waals surface area contributed by atoms with Crippen LogP contribution in [-0.4, -0.2) is 18.6 Å². The number of aryl methyl sites for hydroxylation is 2. The molecule has 0 saturated carbocycles. The summed E-state index contributed by atoms with van der Waals surface area (Å²) in [6.45, 7) is 26.4. The Morgan fingerprint density at radius 1 is 0.706 bits per heavy atom. The standard InChI is InChI=1S/C14H15N.C14H14.C7H9N.C4H8N2.C4H6.C2H6.CH5N/c1-3-5-9-12(4-2)14(15)13-10-7-6-8-11-13;1-11-5-3-7-13(9-11)14-8-4-6-12(2)10-14;8-6-7-4-2-1-3-5-7;1-3(2)4(5)6;1-3-4-2;2*1-2/h3-11,15H,2H2,1H3;3-10H,1-2H3;1-5H,6,8H2;1H2,2H3,(H3,5,6);3-4H,1-2H2;1-2H3;2H2,1H3/b5-3-,12-9+,15-14?;;;;;;. The topological polar surface area (TPSA) is 126 Å². The highest BCUT2D eigenvalue weighted by Gasteiger charge is 2.02. The molecule has 0 aromatic heterocycles. The molecule has 8 N–H and O–H groups in total. The van der Waals surface area contributed by atoms with Crippen LogP contribution in [-0.2, 0) is 6.54 Å². The van der Waals surface area contributed by atoms with E-state index in [9.17, 15) is 0 Å². The number of allylic oxidation sites excluding steroid dienone is 7. The van der Waals surface area contributed by atoms with Gasteiger partial charge in [-0.2, -0.15) is 0 Å². The SMILES string of the molecule is C=C(C)C(=N)N.C=C/C(=C\C=C/C)C(=N)c1ccccc1.C=CC=C.CC.CN.Cc1cccc(-c2cccc(C)c2)c1.NCc1ccccc1. The highest BCUT2D eigenvalue weighted by Crippen LogP contribution is 2.21. The summed E-state index contributed by atoms with van der Waals surface area (Å²) < 4.78 is 0. The number of nitrogens with one attached hydrogen (secondary N) is 2. The van der Waals surface area contributed by atoms with Crippen molar-refractivity contribution < 1.29 is 0 Å². The molecule has 0 aliphatic carbocycles. The number of hydrogen-bond donors (Lipinski definition) is 5. The number of amidine groups is 1. The maximum absolute atomic E-state index is 7.99. The van der Waals surface area contributed by atoms with Crippen molar-refractivity contribution in [2.45, 2.75) is 48.1 Å². The van der Waals surface area contributed by atoms with Crippen LogP contribution in [0.4, 0.5) is 0 Å². The van der Waals surface area contributed by atoms with Gasteiger partial charge in [-0.15, -0.1) is 0 Å². The predicted molar refractivity (Wildman–Crippen MR) is 231 cm³/mol. The van der Waals surface area contributed by atoms with Gasteiger partial charge in [-0.05, 0) is 68.1 Å². The molecule has 0 unspecified atom stereocenters. The second kappa shape index (κ2) is 34.3. The van der Waals surface area contributed by atoms with Crippen molar-refractivity contribution in [1.82, 2.24) is 0 Å². The van der Waals surface area contributed by atoms with Crippen molar-refractivity contribution in [3.8, 4) is 11.1 Å². The zero-order chi connectivity index (χ0) is 39.5. The summed E-state index contributed by atoms with van der Waals surface area (Å²) in [5.74, 6) is 0.0648.